The molecule has 3 aliphatic heterocycles. The van der Waals surface area contributed by atoms with Gasteiger partial charge >= 0.3 is 0 Å². The molecule has 3 aliphatic rings. The lowest BCUT2D eigenvalue weighted by Gasteiger charge is -2.39. The lowest BCUT2D eigenvalue weighted by atomic mass is 9.99. The molecule has 224 valence electrons. The van der Waals surface area contributed by atoms with Gasteiger partial charge in [0.2, 0.25) is 0 Å². The minimum atomic E-state index is -0.475. The van der Waals surface area contributed by atoms with Gasteiger partial charge in [-0.25, -0.2) is 0 Å². The van der Waals surface area contributed by atoms with E-state index in [9.17, 15) is 14.4 Å². The molecule has 0 unspecified atom stereocenters. The number of carbonyl (C=O) groups is 3. The number of rotatable bonds is 1. The Hall–Kier alpha value is -5.18. The van der Waals surface area contributed by atoms with Crippen LogP contribution in [-0.2, 0) is 11.3 Å². The number of nitrogens with one attached hydrogen (secondary N) is 2. The Morgan fingerprint density at radius 2 is 1.70 bits per heavy atom. The summed E-state index contributed by atoms with van der Waals surface area (Å²) in [4.78, 5) is 45.7. The Balaban J connectivity index is 1.31. The van der Waals surface area contributed by atoms with E-state index in [2.05, 4.69) is 15.6 Å². The summed E-state index contributed by atoms with van der Waals surface area (Å²) in [6.45, 7) is 5.01. The van der Waals surface area contributed by atoms with Gasteiger partial charge in [0.25, 0.3) is 17.7 Å². The zero-order valence-corrected chi connectivity index (χ0v) is 24.7. The Kier molecular flexibility index (Phi) is 8.27. The third kappa shape index (κ3) is 6.57. The number of amides is 3. The van der Waals surface area contributed by atoms with Gasteiger partial charge in [0.15, 0.2) is 6.61 Å². The number of fused-ring (bicyclic) bond motifs is 7. The van der Waals surface area contributed by atoms with E-state index < -0.39 is 6.04 Å². The maximum atomic E-state index is 13.6. The Morgan fingerprint density at radius 1 is 0.886 bits per heavy atom. The quantitative estimate of drug-likeness (QED) is 0.339. The number of hydrogen-bond acceptors (Lipinski definition) is 6. The summed E-state index contributed by atoms with van der Waals surface area (Å²) in [5.74, 6) is 0.534. The molecule has 3 aromatic carbocycles. The zero-order valence-electron chi connectivity index (χ0n) is 24.7. The van der Waals surface area contributed by atoms with Crippen LogP contribution >= 0.6 is 0 Å². The third-order valence-corrected chi connectivity index (χ3v) is 8.15. The highest BCUT2D eigenvalue weighted by Gasteiger charge is 2.35. The van der Waals surface area contributed by atoms with Crippen LogP contribution in [0.25, 0.3) is 11.1 Å². The highest BCUT2D eigenvalue weighted by molar-refractivity contribution is 5.96. The summed E-state index contributed by atoms with van der Waals surface area (Å²) in [7, 11) is 0. The van der Waals surface area contributed by atoms with E-state index in [0.717, 1.165) is 27.8 Å². The predicted octanol–water partition coefficient (Wildman–Crippen LogP) is 4.47. The second-order valence-electron chi connectivity index (χ2n) is 11.3. The minimum Gasteiger partial charge on any atom is -0.488 e. The van der Waals surface area contributed by atoms with Gasteiger partial charge in [0.1, 0.15) is 17.6 Å². The molecule has 4 aromatic rings. The van der Waals surface area contributed by atoms with Crippen LogP contribution in [0.15, 0.2) is 85.2 Å². The van der Waals surface area contributed by atoms with Gasteiger partial charge in [-0.2, -0.15) is 0 Å². The maximum absolute atomic E-state index is 13.6. The molecule has 1 saturated heterocycles. The van der Waals surface area contributed by atoms with Crippen molar-refractivity contribution in [3.63, 3.8) is 0 Å². The molecular formula is C35H34N4O5. The van der Waals surface area contributed by atoms with Crippen molar-refractivity contribution in [1.29, 1.82) is 0 Å². The first-order chi connectivity index (χ1) is 21.3. The molecule has 3 amide bonds. The lowest BCUT2D eigenvalue weighted by molar-refractivity contribution is -0.123. The summed E-state index contributed by atoms with van der Waals surface area (Å²) < 4.78 is 12.1. The van der Waals surface area contributed by atoms with Gasteiger partial charge in [-0.3, -0.25) is 19.4 Å². The second-order valence-corrected chi connectivity index (χ2v) is 11.3. The average Bonchev–Trinajstić information content (AvgIpc) is 3.05. The van der Waals surface area contributed by atoms with E-state index in [1.165, 1.54) is 6.20 Å². The first kappa shape index (κ1) is 28.9. The van der Waals surface area contributed by atoms with E-state index in [1.807, 2.05) is 74.5 Å². The SMILES string of the molecule is Cc1ccc(C(=O)N2CC[C@@H]3Oc4ccc(cc4)CNC(=O)COc4cccc(c4)-c4cncc(c4)C(=O)N[C@@H]3C2)cc1C. The van der Waals surface area contributed by atoms with E-state index in [1.54, 1.807) is 23.2 Å². The Bertz CT molecular complexity index is 1700. The lowest BCUT2D eigenvalue weighted by Crippen LogP contribution is -2.58. The molecule has 2 atom stereocenters. The predicted molar refractivity (Wildman–Crippen MR) is 166 cm³/mol. The van der Waals surface area contributed by atoms with Crippen LogP contribution in [0.4, 0.5) is 0 Å². The fraction of sp³-hybridized carbons (Fsp3) is 0.257. The summed E-state index contributed by atoms with van der Waals surface area (Å²) in [5, 5.41) is 6.02. The molecule has 0 radical (unpaired) electrons. The first-order valence-electron chi connectivity index (χ1n) is 14.7. The third-order valence-electron chi connectivity index (χ3n) is 8.15. The molecule has 4 heterocycles. The molecular weight excluding hydrogens is 556 g/mol. The van der Waals surface area contributed by atoms with Gasteiger partial charge in [0.05, 0.1) is 11.6 Å². The molecule has 7 rings (SSSR count). The number of hydrogen-bond donors (Lipinski definition) is 2. The van der Waals surface area contributed by atoms with E-state index in [0.29, 0.717) is 48.7 Å². The van der Waals surface area contributed by atoms with Crippen LogP contribution in [0.3, 0.4) is 0 Å². The van der Waals surface area contributed by atoms with Gasteiger partial charge in [-0.05, 0) is 78.6 Å². The molecule has 1 fully saturated rings. The largest absolute Gasteiger partial charge is 0.488 e. The second kappa shape index (κ2) is 12.6. The molecule has 44 heavy (non-hydrogen) atoms. The van der Waals surface area contributed by atoms with Crippen LogP contribution in [0.5, 0.6) is 11.5 Å². The zero-order chi connectivity index (χ0) is 30.6. The summed E-state index contributed by atoms with van der Waals surface area (Å²) >= 11 is 0. The normalized spacial score (nSPS) is 18.6. The molecule has 0 aliphatic carbocycles. The van der Waals surface area contributed by atoms with Crippen molar-refractivity contribution in [3.05, 3.63) is 113 Å². The van der Waals surface area contributed by atoms with Crippen LogP contribution in [-0.4, -0.2) is 59.4 Å². The van der Waals surface area contributed by atoms with Crippen molar-refractivity contribution in [2.24, 2.45) is 0 Å². The topological polar surface area (TPSA) is 110 Å². The van der Waals surface area contributed by atoms with Gasteiger partial charge < -0.3 is 25.0 Å². The standard InChI is InChI=1S/C35H34N4O5/c1-22-6-9-26(14-23(22)2)35(42)39-13-12-32-31(20-39)38-34(41)28-15-27(18-36-19-28)25-4-3-5-30(16-25)43-21-33(40)37-17-24-7-10-29(44-32)11-8-24/h3-11,14-16,18-19,31-32H,12-13,17,20-21H2,1-2H3,(H,37,40)(H,38,41)/t31-,32+/m1/s1. The fourth-order valence-corrected chi connectivity index (χ4v) is 5.45. The summed E-state index contributed by atoms with van der Waals surface area (Å²) in [5.41, 5.74) is 5.61. The molecule has 2 N–H and O–H groups in total. The molecule has 9 nitrogen and oxygen atoms in total. The number of benzene rings is 3. The number of nitrogens with zero attached hydrogens (tertiary/aromatic N) is 2. The fourth-order valence-electron chi connectivity index (χ4n) is 5.45. The van der Waals surface area contributed by atoms with Crippen LogP contribution in [0.2, 0.25) is 0 Å². The van der Waals surface area contributed by atoms with Crippen molar-refractivity contribution in [1.82, 2.24) is 20.5 Å². The first-order valence-corrected chi connectivity index (χ1v) is 14.7. The molecule has 0 saturated carbocycles. The molecule has 6 bridgehead atoms. The molecule has 1 aromatic heterocycles. The van der Waals surface area contributed by atoms with Crippen molar-refractivity contribution in [2.45, 2.75) is 39.0 Å². The number of pyridine rings is 1. The number of aryl methyl sites for hydroxylation is 2. The number of ether oxygens (including phenoxy) is 2. The van der Waals surface area contributed by atoms with E-state index in [4.69, 9.17) is 9.47 Å². The highest BCUT2D eigenvalue weighted by atomic mass is 16.5. The number of carbonyl (C=O) groups excluding carboxylic acids is 3. The number of likely N-dealkylation sites (tertiary alicyclic amines) is 1. The molecule has 9 heteroatoms. The summed E-state index contributed by atoms with van der Waals surface area (Å²) in [6, 6.07) is 21.8. The van der Waals surface area contributed by atoms with E-state index >= 15 is 0 Å². The van der Waals surface area contributed by atoms with E-state index in [-0.39, 0.29) is 30.4 Å². The smallest absolute Gasteiger partial charge is 0.258 e. The van der Waals surface area contributed by atoms with Gasteiger partial charge in [-0.15, -0.1) is 0 Å². The molecule has 0 spiro atoms. The number of aromatic nitrogens is 1. The maximum Gasteiger partial charge on any atom is 0.258 e. The number of piperidine rings is 1. The van der Waals surface area contributed by atoms with Gasteiger partial charge in [0, 0.05) is 49.6 Å². The highest BCUT2D eigenvalue weighted by Crippen LogP contribution is 2.26. The van der Waals surface area contributed by atoms with Crippen molar-refractivity contribution < 1.29 is 23.9 Å². The van der Waals surface area contributed by atoms with Crippen molar-refractivity contribution in [2.75, 3.05) is 19.7 Å². The summed E-state index contributed by atoms with van der Waals surface area (Å²) in [6.07, 6.45) is 3.35. The van der Waals surface area contributed by atoms with Crippen molar-refractivity contribution >= 4 is 17.7 Å². The Morgan fingerprint density at radius 3 is 2.52 bits per heavy atom. The van der Waals surface area contributed by atoms with Gasteiger partial charge in [-0.1, -0.05) is 30.3 Å². The monoisotopic (exact) mass is 590 g/mol. The average molecular weight is 591 g/mol. The van der Waals surface area contributed by atoms with Crippen LogP contribution in [0, 0.1) is 13.8 Å². The van der Waals surface area contributed by atoms with Crippen LogP contribution in [0.1, 0.15) is 43.8 Å². The minimum absolute atomic E-state index is 0.0793. The Labute approximate surface area is 256 Å². The van der Waals surface area contributed by atoms with Crippen molar-refractivity contribution in [3.8, 4) is 22.6 Å². The van der Waals surface area contributed by atoms with Crippen LogP contribution < -0.4 is 20.1 Å².